The van der Waals surface area contributed by atoms with Gasteiger partial charge in [-0.05, 0) is 18.7 Å². The summed E-state index contributed by atoms with van der Waals surface area (Å²) in [4.78, 5) is 9.26. The van der Waals surface area contributed by atoms with Gasteiger partial charge < -0.3 is 9.42 Å². The lowest BCUT2D eigenvalue weighted by Crippen LogP contribution is -1.84. The number of rotatable bonds is 5. The molecular weight excluding hydrogens is 187 g/mol. The molecule has 0 aromatic rings. The molecule has 1 N–H and O–H groups in total. The van der Waals surface area contributed by atoms with Crippen molar-refractivity contribution in [2.45, 2.75) is 6.92 Å². The van der Waals surface area contributed by atoms with Crippen molar-refractivity contribution in [1.82, 2.24) is 0 Å². The molecule has 0 rings (SSSR count). The zero-order valence-electron chi connectivity index (χ0n) is 5.82. The Hall–Kier alpha value is 0.660. The third-order valence-corrected chi connectivity index (χ3v) is 4.95. The molecule has 0 spiro atoms. The van der Waals surface area contributed by atoms with Crippen molar-refractivity contribution in [2.75, 3.05) is 12.4 Å². The quantitative estimate of drug-likeness (QED) is 0.541. The van der Waals surface area contributed by atoms with Gasteiger partial charge in [-0.1, -0.05) is 17.5 Å². The standard InChI is InChI=1S/C5H11O2PS2/c1-3-5-10-8(6,9)7-4-2/h3H,1,4-5H2,2H3,(H,6,9). The lowest BCUT2D eigenvalue weighted by Gasteiger charge is -2.11. The average molecular weight is 198 g/mol. The molecule has 0 bridgehead atoms. The molecule has 0 aliphatic carbocycles. The van der Waals surface area contributed by atoms with E-state index in [0.29, 0.717) is 12.4 Å². The van der Waals surface area contributed by atoms with Gasteiger partial charge in [-0.15, -0.1) is 6.58 Å². The van der Waals surface area contributed by atoms with Crippen LogP contribution in [0.3, 0.4) is 0 Å². The van der Waals surface area contributed by atoms with Gasteiger partial charge in [0.05, 0.1) is 6.61 Å². The second-order valence-corrected chi connectivity index (χ2v) is 7.70. The molecule has 0 radical (unpaired) electrons. The van der Waals surface area contributed by atoms with Crippen LogP contribution in [0.25, 0.3) is 0 Å². The summed E-state index contributed by atoms with van der Waals surface area (Å²) in [6.07, 6.45) is 1.70. The Morgan fingerprint density at radius 3 is 2.90 bits per heavy atom. The molecule has 0 aliphatic heterocycles. The van der Waals surface area contributed by atoms with Gasteiger partial charge in [0, 0.05) is 5.75 Å². The third-order valence-electron chi connectivity index (χ3n) is 0.648. The molecule has 1 unspecified atom stereocenters. The van der Waals surface area contributed by atoms with E-state index in [4.69, 9.17) is 16.3 Å². The van der Waals surface area contributed by atoms with Crippen LogP contribution >= 0.6 is 17.1 Å². The van der Waals surface area contributed by atoms with E-state index in [9.17, 15) is 4.89 Å². The smallest absolute Gasteiger partial charge is 0.245 e. The molecule has 2 nitrogen and oxygen atoms in total. The SMILES string of the molecule is C=CCSP(O)(=S)OCC. The van der Waals surface area contributed by atoms with Crippen LogP contribution in [-0.4, -0.2) is 17.3 Å². The van der Waals surface area contributed by atoms with E-state index in [1.165, 1.54) is 11.4 Å². The molecule has 0 aliphatic rings. The Kier molecular flexibility index (Phi) is 5.68. The highest BCUT2D eigenvalue weighted by molar-refractivity contribution is 8.67. The Labute approximate surface area is 70.6 Å². The third kappa shape index (κ3) is 5.45. The molecule has 0 heterocycles. The Balaban J connectivity index is 3.63. The summed E-state index contributed by atoms with van der Waals surface area (Å²) in [6, 6.07) is 0. The fourth-order valence-corrected chi connectivity index (χ4v) is 3.33. The molecule has 0 aromatic carbocycles. The highest BCUT2D eigenvalue weighted by atomic mass is 32.9. The van der Waals surface area contributed by atoms with E-state index in [1.807, 2.05) is 6.92 Å². The number of hydrogen-bond donors (Lipinski definition) is 1. The van der Waals surface area contributed by atoms with Crippen molar-refractivity contribution in [3.05, 3.63) is 12.7 Å². The largest absolute Gasteiger partial charge is 0.337 e. The molecule has 5 heteroatoms. The van der Waals surface area contributed by atoms with Crippen LogP contribution in [0.4, 0.5) is 0 Å². The van der Waals surface area contributed by atoms with Crippen LogP contribution in [0.15, 0.2) is 12.7 Å². The first kappa shape index (κ1) is 10.7. The molecule has 0 saturated heterocycles. The Morgan fingerprint density at radius 1 is 1.90 bits per heavy atom. The van der Waals surface area contributed by atoms with E-state index < -0.39 is 5.69 Å². The highest BCUT2D eigenvalue weighted by Crippen LogP contribution is 2.55. The Morgan fingerprint density at radius 2 is 2.50 bits per heavy atom. The van der Waals surface area contributed by atoms with Gasteiger partial charge >= 0.3 is 0 Å². The first-order valence-electron chi connectivity index (χ1n) is 2.85. The molecule has 1 atom stereocenters. The summed E-state index contributed by atoms with van der Waals surface area (Å²) in [5.74, 6) is 0.647. The van der Waals surface area contributed by atoms with Crippen molar-refractivity contribution < 1.29 is 9.42 Å². The molecule has 0 saturated carbocycles. The van der Waals surface area contributed by atoms with E-state index in [1.54, 1.807) is 6.08 Å². The molecule has 0 aromatic heterocycles. The van der Waals surface area contributed by atoms with Crippen LogP contribution in [0.5, 0.6) is 0 Å². The van der Waals surface area contributed by atoms with E-state index in [2.05, 4.69) is 6.58 Å². The Bertz CT molecular complexity index is 149. The van der Waals surface area contributed by atoms with Crippen molar-refractivity contribution in [1.29, 1.82) is 0 Å². The predicted octanol–water partition coefficient (Wildman–Crippen LogP) is 2.16. The maximum absolute atomic E-state index is 9.26. The van der Waals surface area contributed by atoms with Crippen LogP contribution in [0.1, 0.15) is 6.92 Å². The molecule has 10 heavy (non-hydrogen) atoms. The number of hydrogen-bond acceptors (Lipinski definition) is 3. The predicted molar refractivity (Wildman–Crippen MR) is 50.8 cm³/mol. The van der Waals surface area contributed by atoms with Gasteiger partial charge in [-0.3, -0.25) is 0 Å². The van der Waals surface area contributed by atoms with Crippen LogP contribution < -0.4 is 0 Å². The summed E-state index contributed by atoms with van der Waals surface area (Å²) in [7, 11) is 0. The zero-order valence-corrected chi connectivity index (χ0v) is 8.35. The average Bonchev–Trinajstić information content (AvgIpc) is 1.84. The van der Waals surface area contributed by atoms with Crippen LogP contribution in [0, 0.1) is 0 Å². The van der Waals surface area contributed by atoms with E-state index in [-0.39, 0.29) is 0 Å². The zero-order chi connectivity index (χ0) is 8.04. The highest BCUT2D eigenvalue weighted by Gasteiger charge is 2.11. The summed E-state index contributed by atoms with van der Waals surface area (Å²) >= 11 is 6.01. The molecule has 0 amide bonds. The van der Waals surface area contributed by atoms with Gasteiger partial charge in [0.2, 0.25) is 5.69 Å². The lowest BCUT2D eigenvalue weighted by molar-refractivity contribution is 0.341. The monoisotopic (exact) mass is 198 g/mol. The van der Waals surface area contributed by atoms with Gasteiger partial charge in [0.1, 0.15) is 0 Å². The molecule has 60 valence electrons. The minimum absolute atomic E-state index is 0.470. The normalized spacial score (nSPS) is 16.2. The van der Waals surface area contributed by atoms with Crippen molar-refractivity contribution >= 4 is 28.9 Å². The van der Waals surface area contributed by atoms with Crippen LogP contribution in [0.2, 0.25) is 0 Å². The summed E-state index contributed by atoms with van der Waals surface area (Å²) < 4.78 is 4.93. The van der Waals surface area contributed by atoms with Crippen LogP contribution in [-0.2, 0) is 16.3 Å². The molecule has 0 fully saturated rings. The second-order valence-electron chi connectivity index (χ2n) is 1.47. The summed E-state index contributed by atoms with van der Waals surface area (Å²) in [6.45, 7) is 5.79. The minimum atomic E-state index is -2.53. The summed E-state index contributed by atoms with van der Waals surface area (Å²) in [5.41, 5.74) is -2.53. The maximum Gasteiger partial charge on any atom is 0.245 e. The van der Waals surface area contributed by atoms with E-state index >= 15 is 0 Å². The van der Waals surface area contributed by atoms with Gasteiger partial charge in [0.25, 0.3) is 0 Å². The van der Waals surface area contributed by atoms with Gasteiger partial charge in [0.15, 0.2) is 0 Å². The minimum Gasteiger partial charge on any atom is -0.337 e. The van der Waals surface area contributed by atoms with Gasteiger partial charge in [-0.2, -0.15) is 0 Å². The maximum atomic E-state index is 9.26. The molecular formula is C5H11O2PS2. The summed E-state index contributed by atoms with van der Waals surface area (Å²) in [5, 5.41) is 0. The fraction of sp³-hybridized carbons (Fsp3) is 0.600. The lowest BCUT2D eigenvalue weighted by atomic mass is 10.8. The fourth-order valence-electron chi connectivity index (χ4n) is 0.347. The topological polar surface area (TPSA) is 29.5 Å². The van der Waals surface area contributed by atoms with Crippen molar-refractivity contribution in [3.8, 4) is 0 Å². The van der Waals surface area contributed by atoms with E-state index in [0.717, 1.165) is 0 Å². The second kappa shape index (κ2) is 5.33. The first-order valence-corrected chi connectivity index (χ1v) is 7.11. The first-order chi connectivity index (χ1) is 4.62. The van der Waals surface area contributed by atoms with Gasteiger partial charge in [-0.25, -0.2) is 0 Å². The van der Waals surface area contributed by atoms with Crippen molar-refractivity contribution in [3.63, 3.8) is 0 Å². The van der Waals surface area contributed by atoms with Crippen molar-refractivity contribution in [2.24, 2.45) is 0 Å².